The van der Waals surface area contributed by atoms with E-state index >= 15 is 0 Å². The maximum atomic E-state index is 12.1. The third-order valence-corrected chi connectivity index (χ3v) is 4.26. The Morgan fingerprint density at radius 3 is 2.45 bits per heavy atom. The molecule has 0 bridgehead atoms. The van der Waals surface area contributed by atoms with Crippen molar-refractivity contribution in [2.45, 2.75) is 51.6 Å². The topological polar surface area (TPSA) is 63.6 Å². The minimum atomic E-state index is -0.415. The summed E-state index contributed by atoms with van der Waals surface area (Å²) in [4.78, 5) is 23.3. The molecule has 0 amide bonds. The van der Waals surface area contributed by atoms with Crippen LogP contribution in [0.4, 0.5) is 0 Å². The van der Waals surface area contributed by atoms with Crippen LogP contribution in [0.1, 0.15) is 67.5 Å². The van der Waals surface area contributed by atoms with Gasteiger partial charge in [0.2, 0.25) is 0 Å². The lowest BCUT2D eigenvalue weighted by Gasteiger charge is -2.30. The van der Waals surface area contributed by atoms with Crippen LogP contribution in [0, 0.1) is 5.92 Å². The van der Waals surface area contributed by atoms with Crippen molar-refractivity contribution in [2.75, 3.05) is 6.61 Å². The second-order valence-electron chi connectivity index (χ2n) is 5.84. The van der Waals surface area contributed by atoms with E-state index in [1.807, 2.05) is 12.1 Å². The van der Waals surface area contributed by atoms with E-state index in [4.69, 9.17) is 4.74 Å². The number of benzene rings is 1. The van der Waals surface area contributed by atoms with Gasteiger partial charge in [0, 0.05) is 18.4 Å². The smallest absolute Gasteiger partial charge is 0.305 e. The highest BCUT2D eigenvalue weighted by molar-refractivity contribution is 5.96. The summed E-state index contributed by atoms with van der Waals surface area (Å²) in [6, 6.07) is 7.21. The molecule has 22 heavy (non-hydrogen) atoms. The number of hydrogen-bond acceptors (Lipinski definition) is 4. The molecule has 4 heteroatoms. The lowest BCUT2D eigenvalue weighted by Crippen LogP contribution is -2.19. The van der Waals surface area contributed by atoms with Gasteiger partial charge >= 0.3 is 5.97 Å². The Hall–Kier alpha value is -1.68. The molecule has 1 unspecified atom stereocenters. The van der Waals surface area contributed by atoms with Crippen molar-refractivity contribution in [1.29, 1.82) is 0 Å². The molecule has 1 saturated carbocycles. The van der Waals surface area contributed by atoms with E-state index in [1.54, 1.807) is 19.1 Å². The Bertz CT molecular complexity index is 502. The predicted octanol–water partition coefficient (Wildman–Crippen LogP) is 3.44. The average molecular weight is 304 g/mol. The number of Topliss-reactive ketones (excluding diaryl/α,β-unsaturated/α-hetero) is 1. The summed E-state index contributed by atoms with van der Waals surface area (Å²) in [5.41, 5.74) is 1.51. The largest absolute Gasteiger partial charge is 0.466 e. The van der Waals surface area contributed by atoms with Crippen LogP contribution in [0.3, 0.4) is 0 Å². The molecule has 1 N–H and O–H groups in total. The quantitative estimate of drug-likeness (QED) is 0.590. The number of esters is 1. The van der Waals surface area contributed by atoms with Gasteiger partial charge in [-0.15, -0.1) is 0 Å². The molecule has 1 fully saturated rings. The first kappa shape index (κ1) is 16.7. The molecule has 0 radical (unpaired) electrons. The van der Waals surface area contributed by atoms with E-state index in [0.717, 1.165) is 18.4 Å². The summed E-state index contributed by atoms with van der Waals surface area (Å²) in [5.74, 6) is 0.134. The number of ether oxygens (including phenoxy) is 1. The van der Waals surface area contributed by atoms with Crippen LogP contribution in [0.25, 0.3) is 0 Å². The maximum Gasteiger partial charge on any atom is 0.305 e. The van der Waals surface area contributed by atoms with E-state index in [2.05, 4.69) is 0 Å². The van der Waals surface area contributed by atoms with Crippen LogP contribution in [0.15, 0.2) is 24.3 Å². The third-order valence-electron chi connectivity index (χ3n) is 4.26. The number of rotatable bonds is 8. The highest BCUT2D eigenvalue weighted by Crippen LogP contribution is 2.37. The fraction of sp³-hybridized carbons (Fsp3) is 0.556. The van der Waals surface area contributed by atoms with Crippen molar-refractivity contribution >= 4 is 11.8 Å². The molecule has 0 aromatic heterocycles. The fourth-order valence-corrected chi connectivity index (χ4v) is 2.66. The van der Waals surface area contributed by atoms with Crippen LogP contribution in [-0.4, -0.2) is 23.5 Å². The van der Waals surface area contributed by atoms with Crippen molar-refractivity contribution in [3.63, 3.8) is 0 Å². The molecule has 1 atom stereocenters. The molecule has 1 aliphatic carbocycles. The number of ketones is 1. The summed E-state index contributed by atoms with van der Waals surface area (Å²) in [6.45, 7) is 2.14. The molecule has 0 heterocycles. The van der Waals surface area contributed by atoms with Crippen molar-refractivity contribution in [3.8, 4) is 0 Å². The second kappa shape index (κ2) is 8.08. The average Bonchev–Trinajstić information content (AvgIpc) is 2.45. The van der Waals surface area contributed by atoms with E-state index in [-0.39, 0.29) is 18.2 Å². The van der Waals surface area contributed by atoms with Gasteiger partial charge in [0.1, 0.15) is 0 Å². The zero-order valence-electron chi connectivity index (χ0n) is 13.1. The Labute approximate surface area is 131 Å². The van der Waals surface area contributed by atoms with Gasteiger partial charge in [-0.1, -0.05) is 30.7 Å². The van der Waals surface area contributed by atoms with Crippen LogP contribution in [0.5, 0.6) is 0 Å². The third kappa shape index (κ3) is 4.41. The van der Waals surface area contributed by atoms with E-state index in [0.29, 0.717) is 30.9 Å². The second-order valence-corrected chi connectivity index (χ2v) is 5.84. The number of carbonyl (C=O) groups excluding carboxylic acids is 2. The first-order valence-corrected chi connectivity index (χ1v) is 8.08. The molecule has 1 aromatic carbocycles. The molecule has 0 aliphatic heterocycles. The Morgan fingerprint density at radius 2 is 1.91 bits per heavy atom. The molecule has 0 saturated heterocycles. The summed E-state index contributed by atoms with van der Waals surface area (Å²) < 4.78 is 4.83. The van der Waals surface area contributed by atoms with E-state index < -0.39 is 6.10 Å². The Balaban J connectivity index is 1.81. The van der Waals surface area contributed by atoms with Crippen LogP contribution >= 0.6 is 0 Å². The normalized spacial score (nSPS) is 15.9. The minimum absolute atomic E-state index is 0.0222. The molecule has 120 valence electrons. The van der Waals surface area contributed by atoms with Gasteiger partial charge in [-0.2, -0.15) is 0 Å². The van der Waals surface area contributed by atoms with Gasteiger partial charge in [-0.3, -0.25) is 9.59 Å². The summed E-state index contributed by atoms with van der Waals surface area (Å²) >= 11 is 0. The summed E-state index contributed by atoms with van der Waals surface area (Å²) in [6.07, 6.45) is 4.05. The minimum Gasteiger partial charge on any atom is -0.466 e. The molecule has 1 aliphatic rings. The number of aliphatic hydroxyl groups excluding tert-OH is 1. The van der Waals surface area contributed by atoms with Crippen molar-refractivity contribution in [1.82, 2.24) is 0 Å². The number of hydrogen-bond donors (Lipinski definition) is 1. The maximum absolute atomic E-state index is 12.1. The highest BCUT2D eigenvalue weighted by atomic mass is 16.5. The van der Waals surface area contributed by atoms with Crippen molar-refractivity contribution in [3.05, 3.63) is 35.4 Å². The molecule has 0 spiro atoms. The molecular formula is C18H24O4. The first-order chi connectivity index (χ1) is 10.6. The SMILES string of the molecule is CCOC(=O)CCCC(=O)c1ccc(C(O)C2CCC2)cc1. The van der Waals surface area contributed by atoms with Gasteiger partial charge in [0.15, 0.2) is 5.78 Å². The van der Waals surface area contributed by atoms with Gasteiger partial charge < -0.3 is 9.84 Å². The van der Waals surface area contributed by atoms with E-state index in [9.17, 15) is 14.7 Å². The molecule has 1 aromatic rings. The van der Waals surface area contributed by atoms with E-state index in [1.165, 1.54) is 6.42 Å². The Morgan fingerprint density at radius 1 is 1.23 bits per heavy atom. The van der Waals surface area contributed by atoms with Gasteiger partial charge in [0.25, 0.3) is 0 Å². The lowest BCUT2D eigenvalue weighted by atomic mass is 9.78. The van der Waals surface area contributed by atoms with Crippen molar-refractivity contribution < 1.29 is 19.4 Å². The summed E-state index contributed by atoms with van der Waals surface area (Å²) in [7, 11) is 0. The first-order valence-electron chi connectivity index (χ1n) is 8.08. The van der Waals surface area contributed by atoms with Crippen LogP contribution < -0.4 is 0 Å². The molecular weight excluding hydrogens is 280 g/mol. The standard InChI is InChI=1S/C18H24O4/c1-2-22-17(20)8-4-7-16(19)13-9-11-15(12-10-13)18(21)14-5-3-6-14/h9-12,14,18,21H,2-8H2,1H3. The van der Waals surface area contributed by atoms with Crippen LogP contribution in [-0.2, 0) is 9.53 Å². The molecule has 2 rings (SSSR count). The van der Waals surface area contributed by atoms with Crippen molar-refractivity contribution in [2.24, 2.45) is 5.92 Å². The molecule has 4 nitrogen and oxygen atoms in total. The number of aliphatic hydroxyl groups is 1. The zero-order valence-corrected chi connectivity index (χ0v) is 13.1. The lowest BCUT2D eigenvalue weighted by molar-refractivity contribution is -0.143. The number of carbonyl (C=O) groups is 2. The van der Waals surface area contributed by atoms with Gasteiger partial charge in [0.05, 0.1) is 12.7 Å². The summed E-state index contributed by atoms with van der Waals surface area (Å²) in [5, 5.41) is 10.2. The van der Waals surface area contributed by atoms with Gasteiger partial charge in [-0.05, 0) is 37.7 Å². The monoisotopic (exact) mass is 304 g/mol. The van der Waals surface area contributed by atoms with Crippen LogP contribution in [0.2, 0.25) is 0 Å². The fourth-order valence-electron chi connectivity index (χ4n) is 2.66. The zero-order chi connectivity index (χ0) is 15.9. The highest BCUT2D eigenvalue weighted by Gasteiger charge is 2.26. The van der Waals surface area contributed by atoms with Gasteiger partial charge in [-0.25, -0.2) is 0 Å². The Kier molecular flexibility index (Phi) is 6.13. The predicted molar refractivity (Wildman–Crippen MR) is 83.6 cm³/mol.